The summed E-state index contributed by atoms with van der Waals surface area (Å²) in [6.45, 7) is 0.814. The number of sulfonamides is 1. The van der Waals surface area contributed by atoms with Crippen molar-refractivity contribution >= 4 is 10.0 Å². The van der Waals surface area contributed by atoms with Gasteiger partial charge in [0.1, 0.15) is 11.9 Å². The van der Waals surface area contributed by atoms with Gasteiger partial charge in [0.15, 0.2) is 0 Å². The van der Waals surface area contributed by atoms with Crippen LogP contribution in [0.5, 0.6) is 11.6 Å². The number of piperidine rings is 1. The average Bonchev–Trinajstić information content (AvgIpc) is 2.63. The number of aromatic nitrogens is 2. The van der Waals surface area contributed by atoms with Crippen molar-refractivity contribution in [2.75, 3.05) is 20.2 Å². The van der Waals surface area contributed by atoms with Gasteiger partial charge in [-0.05, 0) is 31.0 Å². The second-order valence-corrected chi connectivity index (χ2v) is 7.40. The Balaban J connectivity index is 1.65. The second-order valence-electron chi connectivity index (χ2n) is 5.46. The zero-order valence-corrected chi connectivity index (χ0v) is 14.1. The van der Waals surface area contributed by atoms with Crippen molar-refractivity contribution in [1.82, 2.24) is 14.5 Å². The number of hydrogen-bond acceptors (Lipinski definition) is 6. The molecule has 0 N–H and O–H groups in total. The number of hydrogen-bond donors (Lipinski definition) is 0. The van der Waals surface area contributed by atoms with Gasteiger partial charge in [0, 0.05) is 31.4 Å². The molecule has 7 nitrogen and oxygen atoms in total. The largest absolute Gasteiger partial charge is 0.497 e. The Morgan fingerprint density at radius 2 is 1.96 bits per heavy atom. The van der Waals surface area contributed by atoms with Crippen LogP contribution in [-0.4, -0.2) is 49.2 Å². The highest BCUT2D eigenvalue weighted by Gasteiger charge is 2.30. The Hall–Kier alpha value is -2.19. The molecule has 0 spiro atoms. The van der Waals surface area contributed by atoms with E-state index in [0.29, 0.717) is 37.6 Å². The summed E-state index contributed by atoms with van der Waals surface area (Å²) in [5.41, 5.74) is 0. The summed E-state index contributed by atoms with van der Waals surface area (Å²) in [6, 6.07) is 10.0. The molecule has 1 saturated heterocycles. The molecular formula is C16H19N3O4S. The summed E-state index contributed by atoms with van der Waals surface area (Å²) in [4.78, 5) is 0.246. The molecule has 24 heavy (non-hydrogen) atoms. The van der Waals surface area contributed by atoms with E-state index >= 15 is 0 Å². The number of ether oxygens (including phenoxy) is 2. The summed E-state index contributed by atoms with van der Waals surface area (Å²) in [6.07, 6.45) is 2.74. The first-order chi connectivity index (χ1) is 11.6. The molecule has 8 heteroatoms. The molecule has 1 aliphatic heterocycles. The number of nitrogens with zero attached hydrogens (tertiary/aromatic N) is 3. The van der Waals surface area contributed by atoms with Crippen molar-refractivity contribution in [3.63, 3.8) is 0 Å². The van der Waals surface area contributed by atoms with E-state index < -0.39 is 10.0 Å². The lowest BCUT2D eigenvalue weighted by Crippen LogP contribution is -2.41. The zero-order valence-electron chi connectivity index (χ0n) is 13.3. The first-order valence-corrected chi connectivity index (χ1v) is 9.12. The molecule has 0 atom stereocenters. The van der Waals surface area contributed by atoms with E-state index in [2.05, 4.69) is 10.2 Å². The molecule has 128 valence electrons. The van der Waals surface area contributed by atoms with Gasteiger partial charge in [-0.15, -0.1) is 5.10 Å². The Kier molecular flexibility index (Phi) is 4.96. The van der Waals surface area contributed by atoms with Crippen LogP contribution < -0.4 is 9.47 Å². The molecule has 3 rings (SSSR count). The summed E-state index contributed by atoms with van der Waals surface area (Å²) in [5, 5.41) is 7.66. The van der Waals surface area contributed by atoms with Gasteiger partial charge in [-0.25, -0.2) is 8.42 Å². The lowest BCUT2D eigenvalue weighted by molar-refractivity contribution is 0.128. The third-order valence-electron chi connectivity index (χ3n) is 3.92. The van der Waals surface area contributed by atoms with Crippen molar-refractivity contribution < 1.29 is 17.9 Å². The maximum atomic E-state index is 12.7. The molecule has 0 amide bonds. The molecule has 1 aromatic carbocycles. The van der Waals surface area contributed by atoms with Gasteiger partial charge >= 0.3 is 0 Å². The Morgan fingerprint density at radius 3 is 2.62 bits per heavy atom. The first-order valence-electron chi connectivity index (χ1n) is 7.68. The normalized spacial score (nSPS) is 16.7. The molecule has 2 heterocycles. The third kappa shape index (κ3) is 3.65. The Labute approximate surface area is 141 Å². The summed E-state index contributed by atoms with van der Waals surface area (Å²) in [7, 11) is -2.01. The highest BCUT2D eigenvalue weighted by Crippen LogP contribution is 2.25. The average molecular weight is 349 g/mol. The maximum Gasteiger partial charge on any atom is 0.243 e. The number of rotatable bonds is 5. The van der Waals surface area contributed by atoms with Gasteiger partial charge in [-0.3, -0.25) is 0 Å². The summed E-state index contributed by atoms with van der Waals surface area (Å²) >= 11 is 0. The van der Waals surface area contributed by atoms with Crippen molar-refractivity contribution in [2.24, 2.45) is 0 Å². The van der Waals surface area contributed by atoms with Crippen LogP contribution in [0.2, 0.25) is 0 Å². The van der Waals surface area contributed by atoms with E-state index in [-0.39, 0.29) is 11.0 Å². The predicted octanol–water partition coefficient (Wildman–Crippen LogP) is 1.72. The molecule has 1 aromatic heterocycles. The standard InChI is InChI=1S/C16H19N3O4S/c1-22-14-4-2-5-15(12-14)24(20,21)19-10-7-13(8-11-19)23-16-6-3-9-17-18-16/h2-6,9,12-13H,7-8,10-11H2,1H3. The molecule has 0 saturated carbocycles. The molecular weight excluding hydrogens is 330 g/mol. The van der Waals surface area contributed by atoms with Crippen molar-refractivity contribution in [1.29, 1.82) is 0 Å². The third-order valence-corrected chi connectivity index (χ3v) is 5.81. The summed E-state index contributed by atoms with van der Waals surface area (Å²) < 4.78 is 37.8. The van der Waals surface area contributed by atoms with E-state index in [1.165, 1.54) is 17.5 Å². The SMILES string of the molecule is COc1cccc(S(=O)(=O)N2CCC(Oc3cccnn3)CC2)c1. The minimum Gasteiger partial charge on any atom is -0.497 e. The Morgan fingerprint density at radius 1 is 1.17 bits per heavy atom. The quantitative estimate of drug-likeness (QED) is 0.817. The zero-order chi connectivity index (χ0) is 17.0. The minimum atomic E-state index is -3.52. The molecule has 0 aliphatic carbocycles. The molecule has 0 bridgehead atoms. The topological polar surface area (TPSA) is 81.6 Å². The first kappa shape index (κ1) is 16.7. The van der Waals surface area contributed by atoms with Crippen LogP contribution in [0.1, 0.15) is 12.8 Å². The van der Waals surface area contributed by atoms with Crippen molar-refractivity contribution in [3.8, 4) is 11.6 Å². The fourth-order valence-corrected chi connectivity index (χ4v) is 4.13. The van der Waals surface area contributed by atoms with Crippen LogP contribution in [-0.2, 0) is 10.0 Å². The molecule has 0 radical (unpaired) electrons. The van der Waals surface area contributed by atoms with E-state index in [4.69, 9.17) is 9.47 Å². The predicted molar refractivity (Wildman–Crippen MR) is 87.4 cm³/mol. The molecule has 1 fully saturated rings. The molecule has 2 aromatic rings. The van der Waals surface area contributed by atoms with Crippen LogP contribution in [0.25, 0.3) is 0 Å². The number of methoxy groups -OCH3 is 1. The van der Waals surface area contributed by atoms with Crippen LogP contribution in [0.4, 0.5) is 0 Å². The molecule has 1 aliphatic rings. The van der Waals surface area contributed by atoms with Crippen LogP contribution in [0.3, 0.4) is 0 Å². The van der Waals surface area contributed by atoms with Gasteiger partial charge in [0.05, 0.1) is 12.0 Å². The van der Waals surface area contributed by atoms with Crippen LogP contribution in [0.15, 0.2) is 47.5 Å². The fraction of sp³-hybridized carbons (Fsp3) is 0.375. The minimum absolute atomic E-state index is 0.0570. The van der Waals surface area contributed by atoms with E-state index in [1.54, 1.807) is 36.5 Å². The van der Waals surface area contributed by atoms with Crippen LogP contribution in [0, 0.1) is 0 Å². The molecule has 0 unspecified atom stereocenters. The van der Waals surface area contributed by atoms with Gasteiger partial charge in [-0.2, -0.15) is 9.40 Å². The van der Waals surface area contributed by atoms with Gasteiger partial charge in [0.25, 0.3) is 0 Å². The van der Waals surface area contributed by atoms with Gasteiger partial charge in [-0.1, -0.05) is 6.07 Å². The highest BCUT2D eigenvalue weighted by molar-refractivity contribution is 7.89. The number of benzene rings is 1. The van der Waals surface area contributed by atoms with Gasteiger partial charge in [0.2, 0.25) is 15.9 Å². The fourth-order valence-electron chi connectivity index (χ4n) is 2.62. The van der Waals surface area contributed by atoms with E-state index in [0.717, 1.165) is 0 Å². The van der Waals surface area contributed by atoms with Crippen LogP contribution >= 0.6 is 0 Å². The second kappa shape index (κ2) is 7.14. The Bertz CT molecular complexity index is 775. The smallest absolute Gasteiger partial charge is 0.243 e. The van der Waals surface area contributed by atoms with Crippen molar-refractivity contribution in [3.05, 3.63) is 42.6 Å². The van der Waals surface area contributed by atoms with Crippen molar-refractivity contribution in [2.45, 2.75) is 23.8 Å². The summed E-state index contributed by atoms with van der Waals surface area (Å²) in [5.74, 6) is 0.989. The maximum absolute atomic E-state index is 12.7. The highest BCUT2D eigenvalue weighted by atomic mass is 32.2. The lowest BCUT2D eigenvalue weighted by Gasteiger charge is -2.31. The van der Waals surface area contributed by atoms with E-state index in [1.807, 2.05) is 0 Å². The van der Waals surface area contributed by atoms with E-state index in [9.17, 15) is 8.42 Å². The monoisotopic (exact) mass is 349 g/mol. The van der Waals surface area contributed by atoms with Gasteiger partial charge < -0.3 is 9.47 Å². The lowest BCUT2D eigenvalue weighted by atomic mass is 10.1.